The van der Waals surface area contributed by atoms with Crippen LogP contribution in [0.15, 0.2) is 18.2 Å². The Bertz CT molecular complexity index is 479. The molecule has 0 spiro atoms. The molecule has 0 aromatic heterocycles. The van der Waals surface area contributed by atoms with E-state index < -0.39 is 11.7 Å². The molecule has 1 fully saturated rings. The summed E-state index contributed by atoms with van der Waals surface area (Å²) in [5.74, 6) is 2.24. The summed E-state index contributed by atoms with van der Waals surface area (Å²) in [7, 11) is 0. The van der Waals surface area contributed by atoms with E-state index >= 15 is 0 Å². The Morgan fingerprint density at radius 1 is 1.16 bits per heavy atom. The maximum atomic E-state index is 13.0. The van der Waals surface area contributed by atoms with Gasteiger partial charge in [0.1, 0.15) is 0 Å². The largest absolute Gasteiger partial charge is 0.418 e. The van der Waals surface area contributed by atoms with E-state index in [1.54, 1.807) is 6.07 Å². The van der Waals surface area contributed by atoms with Crippen LogP contribution in [0, 0.1) is 12.3 Å². The van der Waals surface area contributed by atoms with Crippen molar-refractivity contribution in [2.24, 2.45) is 0 Å². The van der Waals surface area contributed by atoms with E-state index in [9.17, 15) is 13.2 Å². The lowest BCUT2D eigenvalue weighted by molar-refractivity contribution is -0.137. The minimum absolute atomic E-state index is 0.131. The summed E-state index contributed by atoms with van der Waals surface area (Å²) in [6, 6.07) is 4.14. The van der Waals surface area contributed by atoms with Gasteiger partial charge in [0.25, 0.3) is 0 Å². The summed E-state index contributed by atoms with van der Waals surface area (Å²) in [6.07, 6.45) is 5.93. The highest BCUT2D eigenvalue weighted by Crippen LogP contribution is 2.36. The number of anilines is 1. The van der Waals surface area contributed by atoms with Gasteiger partial charge in [0.05, 0.1) is 5.56 Å². The Kier molecular flexibility index (Phi) is 4.04. The quantitative estimate of drug-likeness (QED) is 0.781. The van der Waals surface area contributed by atoms with Gasteiger partial charge in [-0.25, -0.2) is 0 Å². The summed E-state index contributed by atoms with van der Waals surface area (Å²) in [4.78, 5) is 0. The van der Waals surface area contributed by atoms with Gasteiger partial charge in [-0.05, 0) is 31.0 Å². The number of nitrogens with one attached hydrogen (secondary N) is 1. The Morgan fingerprint density at radius 2 is 1.84 bits per heavy atom. The SMILES string of the molecule is C#Cc1ccc(NC2CCCCC2)c(C(F)(F)F)c1. The normalized spacial score (nSPS) is 16.9. The Hall–Kier alpha value is -1.63. The Labute approximate surface area is 111 Å². The van der Waals surface area contributed by atoms with E-state index in [1.807, 2.05) is 0 Å². The van der Waals surface area contributed by atoms with E-state index in [2.05, 4.69) is 11.2 Å². The van der Waals surface area contributed by atoms with Crippen LogP contribution < -0.4 is 5.32 Å². The molecule has 1 nitrogen and oxygen atoms in total. The molecule has 19 heavy (non-hydrogen) atoms. The third-order valence-corrected chi connectivity index (χ3v) is 3.46. The molecule has 0 bridgehead atoms. The predicted molar refractivity (Wildman–Crippen MR) is 69.9 cm³/mol. The lowest BCUT2D eigenvalue weighted by atomic mass is 9.95. The molecule has 0 radical (unpaired) electrons. The van der Waals surface area contributed by atoms with Crippen LogP contribution in [0.25, 0.3) is 0 Å². The van der Waals surface area contributed by atoms with Crippen molar-refractivity contribution in [3.05, 3.63) is 29.3 Å². The van der Waals surface area contributed by atoms with Gasteiger partial charge in [-0.2, -0.15) is 13.2 Å². The van der Waals surface area contributed by atoms with Gasteiger partial charge in [0.15, 0.2) is 0 Å². The number of benzene rings is 1. The van der Waals surface area contributed by atoms with Crippen molar-refractivity contribution in [1.82, 2.24) is 0 Å². The van der Waals surface area contributed by atoms with Gasteiger partial charge < -0.3 is 5.32 Å². The van der Waals surface area contributed by atoms with E-state index in [-0.39, 0.29) is 17.3 Å². The molecular formula is C15H16F3N. The van der Waals surface area contributed by atoms with Crippen LogP contribution in [0.3, 0.4) is 0 Å². The first-order chi connectivity index (χ1) is 9.00. The standard InChI is InChI=1S/C15H16F3N/c1-2-11-8-9-14(13(10-11)15(16,17)18)19-12-6-4-3-5-7-12/h1,8-10,12,19H,3-7H2. The first kappa shape index (κ1) is 13.8. The minimum Gasteiger partial charge on any atom is -0.382 e. The summed E-state index contributed by atoms with van der Waals surface area (Å²) >= 11 is 0. The molecular weight excluding hydrogens is 251 g/mol. The number of halogens is 3. The van der Waals surface area contributed by atoms with Gasteiger partial charge >= 0.3 is 6.18 Å². The summed E-state index contributed by atoms with van der Waals surface area (Å²) < 4.78 is 39.0. The predicted octanol–water partition coefficient (Wildman–Crippen LogP) is 4.43. The zero-order chi connectivity index (χ0) is 13.9. The molecule has 0 saturated heterocycles. The number of terminal acetylenes is 1. The lowest BCUT2D eigenvalue weighted by Gasteiger charge is -2.25. The molecule has 0 aliphatic heterocycles. The number of hydrogen-bond acceptors (Lipinski definition) is 1. The van der Waals surface area contributed by atoms with Crippen LogP contribution in [0.2, 0.25) is 0 Å². The maximum absolute atomic E-state index is 13.0. The van der Waals surface area contributed by atoms with Crippen LogP contribution in [-0.4, -0.2) is 6.04 Å². The molecule has 1 aromatic carbocycles. The summed E-state index contributed by atoms with van der Waals surface area (Å²) in [5, 5.41) is 3.02. The number of rotatable bonds is 2. The monoisotopic (exact) mass is 267 g/mol. The summed E-state index contributed by atoms with van der Waals surface area (Å²) in [6.45, 7) is 0. The van der Waals surface area contributed by atoms with E-state index in [1.165, 1.54) is 12.5 Å². The minimum atomic E-state index is -4.39. The molecule has 0 heterocycles. The highest BCUT2D eigenvalue weighted by molar-refractivity contribution is 5.57. The van der Waals surface area contributed by atoms with E-state index in [0.29, 0.717) is 0 Å². The van der Waals surface area contributed by atoms with Gasteiger partial charge in [0, 0.05) is 17.3 Å². The first-order valence-corrected chi connectivity index (χ1v) is 6.45. The highest BCUT2D eigenvalue weighted by atomic mass is 19.4. The van der Waals surface area contributed by atoms with Crippen LogP contribution in [0.4, 0.5) is 18.9 Å². The molecule has 102 valence electrons. The average Bonchev–Trinajstić information content (AvgIpc) is 2.39. The zero-order valence-electron chi connectivity index (χ0n) is 10.6. The first-order valence-electron chi connectivity index (χ1n) is 6.45. The van der Waals surface area contributed by atoms with Crippen molar-refractivity contribution in [3.8, 4) is 12.3 Å². The van der Waals surface area contributed by atoms with E-state index in [0.717, 1.165) is 31.7 Å². The third-order valence-electron chi connectivity index (χ3n) is 3.46. The van der Waals surface area contributed by atoms with Crippen molar-refractivity contribution < 1.29 is 13.2 Å². The second-order valence-electron chi connectivity index (χ2n) is 4.88. The number of hydrogen-bond donors (Lipinski definition) is 1. The zero-order valence-corrected chi connectivity index (χ0v) is 10.6. The van der Waals surface area contributed by atoms with Crippen molar-refractivity contribution in [3.63, 3.8) is 0 Å². The fraction of sp³-hybridized carbons (Fsp3) is 0.467. The van der Waals surface area contributed by atoms with Crippen molar-refractivity contribution in [1.29, 1.82) is 0 Å². The second kappa shape index (κ2) is 5.56. The topological polar surface area (TPSA) is 12.0 Å². The molecule has 1 aliphatic rings. The maximum Gasteiger partial charge on any atom is 0.418 e. The van der Waals surface area contributed by atoms with Crippen molar-refractivity contribution in [2.45, 2.75) is 44.3 Å². The second-order valence-corrected chi connectivity index (χ2v) is 4.88. The van der Waals surface area contributed by atoms with Gasteiger partial charge in [-0.1, -0.05) is 25.2 Å². The highest BCUT2D eigenvalue weighted by Gasteiger charge is 2.34. The smallest absolute Gasteiger partial charge is 0.382 e. The van der Waals surface area contributed by atoms with Crippen molar-refractivity contribution in [2.75, 3.05) is 5.32 Å². The van der Waals surface area contributed by atoms with E-state index in [4.69, 9.17) is 6.42 Å². The van der Waals surface area contributed by atoms with Gasteiger partial charge in [-0.3, -0.25) is 0 Å². The third kappa shape index (κ3) is 3.44. The van der Waals surface area contributed by atoms with Crippen LogP contribution in [-0.2, 0) is 6.18 Å². The Morgan fingerprint density at radius 3 is 2.42 bits per heavy atom. The molecule has 0 atom stereocenters. The average molecular weight is 267 g/mol. The van der Waals surface area contributed by atoms with Crippen molar-refractivity contribution >= 4 is 5.69 Å². The van der Waals surface area contributed by atoms with Crippen LogP contribution in [0.5, 0.6) is 0 Å². The van der Waals surface area contributed by atoms with Gasteiger partial charge in [0.2, 0.25) is 0 Å². The number of alkyl halides is 3. The molecule has 4 heteroatoms. The summed E-state index contributed by atoms with van der Waals surface area (Å²) in [5.41, 5.74) is -0.284. The molecule has 0 unspecified atom stereocenters. The molecule has 1 N–H and O–H groups in total. The molecule has 1 saturated carbocycles. The fourth-order valence-corrected chi connectivity index (χ4v) is 2.46. The lowest BCUT2D eigenvalue weighted by Crippen LogP contribution is -2.24. The fourth-order valence-electron chi connectivity index (χ4n) is 2.46. The molecule has 1 aromatic rings. The molecule has 1 aliphatic carbocycles. The molecule has 2 rings (SSSR count). The van der Waals surface area contributed by atoms with Crippen LogP contribution >= 0.6 is 0 Å². The molecule has 0 amide bonds. The van der Waals surface area contributed by atoms with Gasteiger partial charge in [-0.15, -0.1) is 6.42 Å². The van der Waals surface area contributed by atoms with Crippen LogP contribution in [0.1, 0.15) is 43.2 Å². The Balaban J connectivity index is 2.26.